The van der Waals surface area contributed by atoms with Crippen molar-refractivity contribution in [1.82, 2.24) is 14.9 Å². The van der Waals surface area contributed by atoms with Gasteiger partial charge in [-0.25, -0.2) is 0 Å². The molecule has 3 rings (SSSR count). The summed E-state index contributed by atoms with van der Waals surface area (Å²) in [5.74, 6) is -0.846. The Kier molecular flexibility index (Phi) is 5.41. The van der Waals surface area contributed by atoms with Crippen LogP contribution >= 0.6 is 0 Å². The summed E-state index contributed by atoms with van der Waals surface area (Å²) in [5.41, 5.74) is 0.168. The highest BCUT2D eigenvalue weighted by Gasteiger charge is 2.32. The van der Waals surface area contributed by atoms with E-state index in [1.807, 2.05) is 0 Å². The SMILES string of the molecule is COCCNC(=O)c1ccc2c(c1)[n+](=O)c(C(=O)N1CCCC1)c(C)n2[O-]. The maximum absolute atomic E-state index is 12.9. The number of ether oxygens (including phenoxy) is 1. The number of aromatic nitrogens is 2. The number of benzene rings is 1. The molecule has 2 amide bonds. The Morgan fingerprint density at radius 2 is 2.00 bits per heavy atom. The lowest BCUT2D eigenvalue weighted by molar-refractivity contribution is -0.469. The molecule has 1 aliphatic rings. The van der Waals surface area contributed by atoms with E-state index >= 15 is 0 Å². The van der Waals surface area contributed by atoms with Crippen molar-refractivity contribution >= 4 is 22.8 Å². The number of amides is 2. The second-order valence-electron chi connectivity index (χ2n) is 6.47. The van der Waals surface area contributed by atoms with Crippen molar-refractivity contribution in [3.8, 4) is 0 Å². The largest absolute Gasteiger partial charge is 0.805 e. The Bertz CT molecular complexity index is 947. The fraction of sp³-hybridized carbons (Fsp3) is 0.444. The predicted octanol–water partition coefficient (Wildman–Crippen LogP) is 0.822. The van der Waals surface area contributed by atoms with E-state index in [1.54, 1.807) is 4.90 Å². The van der Waals surface area contributed by atoms with E-state index in [2.05, 4.69) is 5.32 Å². The second kappa shape index (κ2) is 7.75. The summed E-state index contributed by atoms with van der Waals surface area (Å²) < 4.78 is 5.91. The minimum absolute atomic E-state index is 0.0162. The van der Waals surface area contributed by atoms with Crippen LogP contribution in [0.5, 0.6) is 0 Å². The number of nitrogens with zero attached hydrogens (tertiary/aromatic N) is 3. The minimum Gasteiger partial charge on any atom is -0.805 e. The summed E-state index contributed by atoms with van der Waals surface area (Å²) in [4.78, 5) is 39.4. The van der Waals surface area contributed by atoms with Gasteiger partial charge in [0.15, 0.2) is 0 Å². The molecular weight excluding hydrogens is 352 g/mol. The highest BCUT2D eigenvalue weighted by atomic mass is 16.5. The highest BCUT2D eigenvalue weighted by molar-refractivity contribution is 5.97. The summed E-state index contributed by atoms with van der Waals surface area (Å²) in [6, 6.07) is 4.22. The number of hydrogen-bond donors (Lipinski definition) is 1. The number of methoxy groups -OCH3 is 1. The molecule has 0 unspecified atom stereocenters. The maximum Gasteiger partial charge on any atom is 0.346 e. The zero-order valence-electron chi connectivity index (χ0n) is 15.4. The van der Waals surface area contributed by atoms with Crippen molar-refractivity contribution < 1.29 is 18.8 Å². The molecule has 1 saturated heterocycles. The number of rotatable bonds is 5. The summed E-state index contributed by atoms with van der Waals surface area (Å²) in [6.45, 7) is 3.26. The molecule has 0 atom stereocenters. The topological polar surface area (TPSA) is 110 Å². The van der Waals surface area contributed by atoms with Gasteiger partial charge in [0.25, 0.3) is 11.4 Å². The van der Waals surface area contributed by atoms with Crippen molar-refractivity contribution in [2.45, 2.75) is 19.8 Å². The zero-order chi connectivity index (χ0) is 19.6. The van der Waals surface area contributed by atoms with E-state index in [4.69, 9.17) is 4.74 Å². The maximum atomic E-state index is 12.9. The molecule has 0 saturated carbocycles. The molecule has 1 aromatic heterocycles. The number of hydrogen-bond acceptors (Lipinski definition) is 5. The molecule has 1 fully saturated rings. The van der Waals surface area contributed by atoms with E-state index in [1.165, 1.54) is 32.2 Å². The van der Waals surface area contributed by atoms with Gasteiger partial charge in [-0.1, -0.05) is 0 Å². The van der Waals surface area contributed by atoms with Crippen LogP contribution in [0.15, 0.2) is 18.2 Å². The molecule has 0 aliphatic carbocycles. The van der Waals surface area contributed by atoms with Crippen molar-refractivity contribution in [2.75, 3.05) is 33.4 Å². The average molecular weight is 374 g/mol. The number of carbonyl (C=O) groups is 2. The van der Waals surface area contributed by atoms with Crippen LogP contribution in [-0.4, -0.2) is 54.8 Å². The van der Waals surface area contributed by atoms with Gasteiger partial charge in [0.2, 0.25) is 0 Å². The fourth-order valence-electron chi connectivity index (χ4n) is 3.22. The fourth-order valence-corrected chi connectivity index (χ4v) is 3.22. The van der Waals surface area contributed by atoms with Crippen LogP contribution in [0.3, 0.4) is 0 Å². The third-order valence-corrected chi connectivity index (χ3v) is 4.71. The van der Waals surface area contributed by atoms with Crippen LogP contribution in [0, 0.1) is 17.0 Å². The molecule has 27 heavy (non-hydrogen) atoms. The number of nitrogens with one attached hydrogen (secondary N) is 1. The molecular formula is C18H22N4O5. The molecule has 144 valence electrons. The Hall–Kier alpha value is -2.94. The van der Waals surface area contributed by atoms with Crippen molar-refractivity contribution in [3.05, 3.63) is 45.3 Å². The second-order valence-corrected chi connectivity index (χ2v) is 6.47. The standard InChI is InChI=1S/C18H22N4O5/c1-12-16(18(24)20-8-3-4-9-20)22(26)15-11-13(5-6-14(15)21(12)25)17(23)19-7-10-27-2/h5-6,11H,3-4,7-10H2,1-2H3,(H,19,23). The van der Waals surface area contributed by atoms with Gasteiger partial charge >= 0.3 is 11.6 Å². The van der Waals surface area contributed by atoms with Gasteiger partial charge in [-0.3, -0.25) is 9.59 Å². The van der Waals surface area contributed by atoms with Crippen LogP contribution in [0.1, 0.15) is 39.4 Å². The Morgan fingerprint density at radius 1 is 1.30 bits per heavy atom. The van der Waals surface area contributed by atoms with Gasteiger partial charge in [-0.2, -0.15) is 0 Å². The molecule has 0 spiro atoms. The van der Waals surface area contributed by atoms with E-state index in [0.717, 1.165) is 12.8 Å². The van der Waals surface area contributed by atoms with Gasteiger partial charge in [-0.05, 0) is 31.9 Å². The highest BCUT2D eigenvalue weighted by Crippen LogP contribution is 2.18. The molecule has 1 aliphatic heterocycles. The van der Waals surface area contributed by atoms with Crippen LogP contribution in [-0.2, 0) is 4.74 Å². The molecule has 0 bridgehead atoms. The van der Waals surface area contributed by atoms with Crippen LogP contribution < -0.4 is 9.74 Å². The lowest BCUT2D eigenvalue weighted by Crippen LogP contribution is -2.38. The van der Waals surface area contributed by atoms with Crippen molar-refractivity contribution in [2.24, 2.45) is 0 Å². The predicted molar refractivity (Wildman–Crippen MR) is 98.2 cm³/mol. The molecule has 9 nitrogen and oxygen atoms in total. The molecule has 0 radical (unpaired) electrons. The number of carbonyl (C=O) groups excluding carboxylic acids is 2. The van der Waals surface area contributed by atoms with Crippen molar-refractivity contribution in [3.63, 3.8) is 0 Å². The van der Waals surface area contributed by atoms with Crippen LogP contribution in [0.2, 0.25) is 0 Å². The number of likely N-dealkylation sites (tertiary alicyclic amines) is 1. The van der Waals surface area contributed by atoms with Gasteiger partial charge < -0.3 is 24.9 Å². The third-order valence-electron chi connectivity index (χ3n) is 4.71. The van der Waals surface area contributed by atoms with Gasteiger partial charge in [-0.15, -0.1) is 0 Å². The molecule has 2 heterocycles. The molecule has 9 heteroatoms. The van der Waals surface area contributed by atoms with Gasteiger partial charge in [0.05, 0.1) is 16.7 Å². The summed E-state index contributed by atoms with van der Waals surface area (Å²) in [7, 11) is 1.52. The average Bonchev–Trinajstić information content (AvgIpc) is 3.21. The lowest BCUT2D eigenvalue weighted by Gasteiger charge is -2.19. The first-order valence-corrected chi connectivity index (χ1v) is 8.81. The summed E-state index contributed by atoms with van der Waals surface area (Å²) >= 11 is 0. The first-order chi connectivity index (χ1) is 13.0. The first kappa shape index (κ1) is 18.8. The Balaban J connectivity index is 2.06. The van der Waals surface area contributed by atoms with E-state index in [0.29, 0.717) is 35.4 Å². The monoisotopic (exact) mass is 374 g/mol. The first-order valence-electron chi connectivity index (χ1n) is 8.81. The molecule has 1 N–H and O–H groups in total. The lowest BCUT2D eigenvalue weighted by atomic mass is 10.1. The molecule has 2 aromatic rings. The zero-order valence-corrected chi connectivity index (χ0v) is 15.4. The third kappa shape index (κ3) is 3.50. The minimum atomic E-state index is -0.457. The normalized spacial score (nSPS) is 13.9. The van der Waals surface area contributed by atoms with E-state index in [9.17, 15) is 19.7 Å². The Labute approximate surface area is 155 Å². The van der Waals surface area contributed by atoms with Crippen molar-refractivity contribution in [1.29, 1.82) is 0 Å². The molecule has 1 aromatic carbocycles. The van der Waals surface area contributed by atoms with E-state index < -0.39 is 5.91 Å². The van der Waals surface area contributed by atoms with E-state index in [-0.39, 0.29) is 33.9 Å². The van der Waals surface area contributed by atoms with Gasteiger partial charge in [0, 0.05) is 43.3 Å². The van der Waals surface area contributed by atoms with Gasteiger partial charge in [0.1, 0.15) is 5.52 Å². The Morgan fingerprint density at radius 3 is 2.67 bits per heavy atom. The quantitative estimate of drug-likeness (QED) is 0.616. The smallest absolute Gasteiger partial charge is 0.346 e. The summed E-state index contributed by atoms with van der Waals surface area (Å²) in [6.07, 6.45) is 1.75. The van der Waals surface area contributed by atoms with Crippen LogP contribution in [0.4, 0.5) is 0 Å². The van der Waals surface area contributed by atoms with Crippen LogP contribution in [0.25, 0.3) is 11.0 Å². The summed E-state index contributed by atoms with van der Waals surface area (Å²) in [5, 5.41) is 15.2. The number of fused-ring (bicyclic) bond motifs is 1.